The molecule has 1 heterocycles. The number of benzene rings is 3. The number of carbonyl (C=O) groups is 2. The van der Waals surface area contributed by atoms with E-state index in [1.54, 1.807) is 20.8 Å². The highest BCUT2D eigenvalue weighted by molar-refractivity contribution is 6.06. The van der Waals surface area contributed by atoms with E-state index in [4.69, 9.17) is 9.47 Å². The van der Waals surface area contributed by atoms with E-state index in [0.717, 1.165) is 57.1 Å². The van der Waals surface area contributed by atoms with Crippen molar-refractivity contribution in [3.63, 3.8) is 0 Å². The lowest BCUT2D eigenvalue weighted by atomic mass is 10.0. The first kappa shape index (κ1) is 26.9. The molecule has 9 heteroatoms. The summed E-state index contributed by atoms with van der Waals surface area (Å²) >= 11 is 0. The van der Waals surface area contributed by atoms with Gasteiger partial charge in [-0.2, -0.15) is 0 Å². The van der Waals surface area contributed by atoms with Gasteiger partial charge in [0.1, 0.15) is 5.60 Å². The molecule has 0 saturated heterocycles. The summed E-state index contributed by atoms with van der Waals surface area (Å²) in [7, 11) is 0. The molecule has 0 fully saturated rings. The monoisotopic (exact) mass is 519 g/mol. The molecular formula is C29H37N5O4. The Morgan fingerprint density at radius 1 is 0.947 bits per heavy atom. The SMILES string of the molecule is CCNc1cc2c(cc1C)Nc1c(cc(NCCCNC(=O)CNC(=O)OC(C)(C)C)c3ccccc13)O2. The van der Waals surface area contributed by atoms with Gasteiger partial charge in [0, 0.05) is 53.9 Å². The van der Waals surface area contributed by atoms with Crippen LogP contribution < -0.4 is 31.3 Å². The largest absolute Gasteiger partial charge is 0.453 e. The molecule has 0 bridgehead atoms. The second-order valence-electron chi connectivity index (χ2n) is 10.2. The van der Waals surface area contributed by atoms with Gasteiger partial charge in [-0.05, 0) is 52.7 Å². The number of fused-ring (bicyclic) bond motifs is 4. The second-order valence-corrected chi connectivity index (χ2v) is 10.2. The smallest absolute Gasteiger partial charge is 0.408 e. The van der Waals surface area contributed by atoms with Crippen molar-refractivity contribution in [2.75, 3.05) is 42.1 Å². The van der Waals surface area contributed by atoms with Gasteiger partial charge in [-0.25, -0.2) is 4.79 Å². The summed E-state index contributed by atoms with van der Waals surface area (Å²) in [5, 5.41) is 17.9. The van der Waals surface area contributed by atoms with Crippen LogP contribution in [0.15, 0.2) is 42.5 Å². The summed E-state index contributed by atoms with van der Waals surface area (Å²) in [4.78, 5) is 23.7. The first-order chi connectivity index (χ1) is 18.1. The number of alkyl carbamates (subject to hydrolysis) is 1. The molecule has 1 aliphatic rings. The fourth-order valence-corrected chi connectivity index (χ4v) is 4.28. The molecule has 1 aliphatic heterocycles. The maximum absolute atomic E-state index is 12.0. The fourth-order valence-electron chi connectivity index (χ4n) is 4.28. The standard InChI is InChI=1S/C29H37N5O4/c1-6-30-21-15-24-23(14-18(21)2)34-27-20-11-8-7-10-19(20)22(16-25(27)37-24)31-12-9-13-32-26(35)17-33-28(36)38-29(3,4)5/h7-8,10-11,14-16,30-31,34H,6,9,12-13,17H2,1-5H3,(H,32,35)(H,33,36). The van der Waals surface area contributed by atoms with Crippen LogP contribution in [-0.2, 0) is 9.53 Å². The average molecular weight is 520 g/mol. The van der Waals surface area contributed by atoms with Crippen molar-refractivity contribution in [1.82, 2.24) is 10.6 Å². The summed E-state index contributed by atoms with van der Waals surface area (Å²) < 4.78 is 11.5. The van der Waals surface area contributed by atoms with Crippen LogP contribution in [0.1, 0.15) is 39.7 Å². The summed E-state index contributed by atoms with van der Waals surface area (Å²) in [5.41, 5.74) is 4.45. The molecule has 9 nitrogen and oxygen atoms in total. The van der Waals surface area contributed by atoms with E-state index >= 15 is 0 Å². The van der Waals surface area contributed by atoms with Gasteiger partial charge in [-0.15, -0.1) is 0 Å². The van der Waals surface area contributed by atoms with Crippen LogP contribution in [-0.4, -0.2) is 43.8 Å². The number of hydrogen-bond donors (Lipinski definition) is 5. The molecule has 4 rings (SSSR count). The van der Waals surface area contributed by atoms with Gasteiger partial charge in [-0.3, -0.25) is 4.79 Å². The van der Waals surface area contributed by atoms with Gasteiger partial charge >= 0.3 is 6.09 Å². The molecule has 0 unspecified atom stereocenters. The molecule has 0 radical (unpaired) electrons. The molecule has 0 aliphatic carbocycles. The Balaban J connectivity index is 1.37. The Labute approximate surface area is 223 Å². The molecule has 0 saturated carbocycles. The van der Waals surface area contributed by atoms with Crippen molar-refractivity contribution in [3.8, 4) is 11.5 Å². The van der Waals surface area contributed by atoms with E-state index in [1.165, 1.54) is 0 Å². The Morgan fingerprint density at radius 3 is 2.42 bits per heavy atom. The molecule has 38 heavy (non-hydrogen) atoms. The number of aryl methyl sites for hydroxylation is 1. The molecule has 0 spiro atoms. The number of amides is 2. The highest BCUT2D eigenvalue weighted by Gasteiger charge is 2.22. The zero-order valence-electron chi connectivity index (χ0n) is 22.7. The topological polar surface area (TPSA) is 113 Å². The minimum Gasteiger partial charge on any atom is -0.453 e. The summed E-state index contributed by atoms with van der Waals surface area (Å²) in [5.74, 6) is 1.27. The third kappa shape index (κ3) is 6.59. The van der Waals surface area contributed by atoms with Gasteiger partial charge in [0.05, 0.1) is 17.9 Å². The highest BCUT2D eigenvalue weighted by Crippen LogP contribution is 2.48. The van der Waals surface area contributed by atoms with Gasteiger partial charge in [-0.1, -0.05) is 24.3 Å². The van der Waals surface area contributed by atoms with E-state index in [9.17, 15) is 9.59 Å². The van der Waals surface area contributed by atoms with E-state index in [-0.39, 0.29) is 12.5 Å². The van der Waals surface area contributed by atoms with Gasteiger partial charge < -0.3 is 36.1 Å². The maximum Gasteiger partial charge on any atom is 0.408 e. The first-order valence-corrected chi connectivity index (χ1v) is 13.0. The van der Waals surface area contributed by atoms with Crippen LogP contribution >= 0.6 is 0 Å². The second kappa shape index (κ2) is 11.5. The molecular weight excluding hydrogens is 482 g/mol. The lowest BCUT2D eigenvalue weighted by Gasteiger charge is -2.26. The minimum absolute atomic E-state index is 0.126. The number of anilines is 4. The third-order valence-corrected chi connectivity index (χ3v) is 5.97. The average Bonchev–Trinajstić information content (AvgIpc) is 2.86. The summed E-state index contributed by atoms with van der Waals surface area (Å²) in [6.45, 7) is 11.3. The molecule has 2 amide bonds. The quantitative estimate of drug-likeness (QED) is 0.176. The normalized spacial score (nSPS) is 11.9. The van der Waals surface area contributed by atoms with E-state index in [0.29, 0.717) is 19.5 Å². The van der Waals surface area contributed by atoms with E-state index < -0.39 is 11.7 Å². The number of rotatable bonds is 9. The van der Waals surface area contributed by atoms with E-state index in [1.807, 2.05) is 24.3 Å². The summed E-state index contributed by atoms with van der Waals surface area (Å²) in [6.07, 6.45) is 0.0950. The van der Waals surface area contributed by atoms with Gasteiger partial charge in [0.2, 0.25) is 5.91 Å². The van der Waals surface area contributed by atoms with Gasteiger partial charge in [0.25, 0.3) is 0 Å². The molecule has 3 aromatic rings. The Kier molecular flexibility index (Phi) is 8.14. The lowest BCUT2D eigenvalue weighted by molar-refractivity contribution is -0.120. The van der Waals surface area contributed by atoms with Crippen LogP contribution in [0.25, 0.3) is 10.8 Å². The Morgan fingerprint density at radius 2 is 1.68 bits per heavy atom. The molecule has 5 N–H and O–H groups in total. The third-order valence-electron chi connectivity index (χ3n) is 5.97. The number of nitrogens with one attached hydrogen (secondary N) is 5. The van der Waals surface area contributed by atoms with Crippen molar-refractivity contribution in [2.45, 2.75) is 46.6 Å². The predicted molar refractivity (Wildman–Crippen MR) is 153 cm³/mol. The minimum atomic E-state index is -0.610. The van der Waals surface area contributed by atoms with E-state index in [2.05, 4.69) is 58.6 Å². The van der Waals surface area contributed by atoms with Crippen molar-refractivity contribution in [2.24, 2.45) is 0 Å². The van der Waals surface area contributed by atoms with Crippen LogP contribution in [0, 0.1) is 6.92 Å². The Bertz CT molecular complexity index is 1330. The number of ether oxygens (including phenoxy) is 2. The fraction of sp³-hybridized carbons (Fsp3) is 0.379. The lowest BCUT2D eigenvalue weighted by Crippen LogP contribution is -2.40. The molecule has 202 valence electrons. The number of hydrogen-bond acceptors (Lipinski definition) is 7. The van der Waals surface area contributed by atoms with Crippen LogP contribution in [0.5, 0.6) is 11.5 Å². The van der Waals surface area contributed by atoms with Crippen molar-refractivity contribution in [1.29, 1.82) is 0 Å². The number of carbonyl (C=O) groups excluding carboxylic acids is 2. The Hall–Kier alpha value is -4.14. The van der Waals surface area contributed by atoms with Crippen LogP contribution in [0.3, 0.4) is 0 Å². The van der Waals surface area contributed by atoms with Crippen LogP contribution in [0.4, 0.5) is 27.5 Å². The molecule has 0 atom stereocenters. The molecule has 3 aromatic carbocycles. The zero-order chi connectivity index (χ0) is 27.3. The van der Waals surface area contributed by atoms with Crippen LogP contribution in [0.2, 0.25) is 0 Å². The predicted octanol–water partition coefficient (Wildman–Crippen LogP) is 5.87. The van der Waals surface area contributed by atoms with Crippen molar-refractivity contribution in [3.05, 3.63) is 48.0 Å². The van der Waals surface area contributed by atoms with Crippen molar-refractivity contribution >= 4 is 45.5 Å². The van der Waals surface area contributed by atoms with Gasteiger partial charge in [0.15, 0.2) is 11.5 Å². The maximum atomic E-state index is 12.0. The highest BCUT2D eigenvalue weighted by atomic mass is 16.6. The molecule has 0 aromatic heterocycles. The zero-order valence-corrected chi connectivity index (χ0v) is 22.7. The first-order valence-electron chi connectivity index (χ1n) is 13.0. The van der Waals surface area contributed by atoms with Crippen molar-refractivity contribution < 1.29 is 19.1 Å². The summed E-state index contributed by atoms with van der Waals surface area (Å²) in [6, 6.07) is 14.4.